The quantitative estimate of drug-likeness (QED) is 0.241. The number of epoxide rings is 1. The molecular weight excluding hydrogens is 324 g/mol. The van der Waals surface area contributed by atoms with E-state index in [0.29, 0.717) is 6.10 Å². The van der Waals surface area contributed by atoms with Crippen LogP contribution in [0.15, 0.2) is 24.3 Å². The lowest BCUT2D eigenvalue weighted by Crippen LogP contribution is -2.11. The lowest BCUT2D eigenvalue weighted by Gasteiger charge is -2.11. The Morgan fingerprint density at radius 3 is 2.21 bits per heavy atom. The molecular formula is C21H36OSi2. The molecule has 134 valence electrons. The fourth-order valence-electron chi connectivity index (χ4n) is 3.36. The molecule has 0 amide bonds. The normalized spacial score (nSPS) is 17.0. The number of hydrogen-bond donors (Lipinski definition) is 0. The molecule has 1 fully saturated rings. The second kappa shape index (κ2) is 11.3. The smallest absolute Gasteiger partial charge is 0.0850 e. The van der Waals surface area contributed by atoms with E-state index in [1.807, 2.05) is 0 Å². The maximum atomic E-state index is 5.35. The summed E-state index contributed by atoms with van der Waals surface area (Å²) in [6.45, 7) is 8.36. The fourth-order valence-corrected chi connectivity index (χ4v) is 6.27. The molecule has 3 heteroatoms. The van der Waals surface area contributed by atoms with Crippen molar-refractivity contribution in [2.24, 2.45) is 0 Å². The summed E-state index contributed by atoms with van der Waals surface area (Å²) in [6, 6.07) is 13.6. The standard InChI is InChI=1S/C21H36OSi2/c1-23(2)13-8-6-4-5-7-9-14-24(3)18-20-12-10-11-19(15-20)16-21-17-22-21/h10-12,15,21H,4-9,13-14,16-18H2,1-3H3. The van der Waals surface area contributed by atoms with Gasteiger partial charge in [-0.2, -0.15) is 0 Å². The number of ether oxygens (including phenoxy) is 1. The van der Waals surface area contributed by atoms with Crippen molar-refractivity contribution < 1.29 is 4.74 Å². The first-order valence-corrected chi connectivity index (χ1v) is 15.1. The molecule has 0 N–H and O–H groups in total. The van der Waals surface area contributed by atoms with Crippen molar-refractivity contribution in [3.05, 3.63) is 35.4 Å². The van der Waals surface area contributed by atoms with Gasteiger partial charge in [-0.25, -0.2) is 0 Å². The van der Waals surface area contributed by atoms with Crippen molar-refractivity contribution in [1.29, 1.82) is 0 Å². The van der Waals surface area contributed by atoms with Gasteiger partial charge in [-0.3, -0.25) is 0 Å². The highest BCUT2D eigenvalue weighted by atomic mass is 28.3. The van der Waals surface area contributed by atoms with Gasteiger partial charge in [0, 0.05) is 24.0 Å². The summed E-state index contributed by atoms with van der Waals surface area (Å²) in [6.07, 6.45) is 10.4. The second-order valence-corrected chi connectivity index (χ2v) is 13.6. The van der Waals surface area contributed by atoms with Gasteiger partial charge in [0.1, 0.15) is 0 Å². The van der Waals surface area contributed by atoms with Crippen molar-refractivity contribution >= 4 is 17.6 Å². The van der Waals surface area contributed by atoms with Crippen LogP contribution in [0.25, 0.3) is 0 Å². The van der Waals surface area contributed by atoms with Crippen LogP contribution >= 0.6 is 0 Å². The summed E-state index contributed by atoms with van der Waals surface area (Å²) < 4.78 is 5.35. The van der Waals surface area contributed by atoms with E-state index in [0.717, 1.165) is 13.0 Å². The zero-order valence-corrected chi connectivity index (χ0v) is 18.1. The molecule has 1 aromatic carbocycles. The Morgan fingerprint density at radius 2 is 1.54 bits per heavy atom. The Balaban J connectivity index is 1.52. The van der Waals surface area contributed by atoms with Gasteiger partial charge in [0.15, 0.2) is 0 Å². The Bertz CT molecular complexity index is 457. The Kier molecular flexibility index (Phi) is 9.36. The van der Waals surface area contributed by atoms with Crippen LogP contribution < -0.4 is 0 Å². The molecule has 1 aliphatic rings. The molecule has 1 nitrogen and oxygen atoms in total. The molecule has 0 aromatic heterocycles. The van der Waals surface area contributed by atoms with E-state index in [1.54, 1.807) is 5.56 Å². The van der Waals surface area contributed by atoms with E-state index in [4.69, 9.17) is 4.74 Å². The Hall–Kier alpha value is -0.386. The third-order valence-electron chi connectivity index (χ3n) is 4.89. The molecule has 1 unspecified atom stereocenters. The summed E-state index contributed by atoms with van der Waals surface area (Å²) >= 11 is 0. The molecule has 1 atom stereocenters. The van der Waals surface area contributed by atoms with Crippen LogP contribution in [0.4, 0.5) is 0 Å². The minimum atomic E-state index is -0.206. The van der Waals surface area contributed by atoms with E-state index in [9.17, 15) is 0 Å². The lowest BCUT2D eigenvalue weighted by atomic mass is 10.1. The molecule has 0 saturated carbocycles. The van der Waals surface area contributed by atoms with Crippen LogP contribution in [0.2, 0.25) is 31.7 Å². The fraction of sp³-hybridized carbons (Fsp3) is 0.714. The third kappa shape index (κ3) is 9.19. The first-order chi connectivity index (χ1) is 11.6. The Labute approximate surface area is 153 Å². The zero-order chi connectivity index (χ0) is 17.2. The average Bonchev–Trinajstić information content (AvgIpc) is 3.34. The monoisotopic (exact) mass is 360 g/mol. The van der Waals surface area contributed by atoms with Gasteiger partial charge in [-0.15, -0.1) is 0 Å². The highest BCUT2D eigenvalue weighted by Gasteiger charge is 2.22. The van der Waals surface area contributed by atoms with Crippen molar-refractivity contribution in [2.45, 2.75) is 88.8 Å². The zero-order valence-electron chi connectivity index (χ0n) is 16.1. The first-order valence-electron chi connectivity index (χ1n) is 9.93. The summed E-state index contributed by atoms with van der Waals surface area (Å²) in [5, 5.41) is 0. The highest BCUT2D eigenvalue weighted by molar-refractivity contribution is 6.56. The molecule has 2 radical (unpaired) electrons. The molecule has 1 aliphatic heterocycles. The van der Waals surface area contributed by atoms with Crippen molar-refractivity contribution in [2.75, 3.05) is 6.61 Å². The molecule has 0 spiro atoms. The molecule has 0 aliphatic carbocycles. The number of rotatable bonds is 13. The summed E-state index contributed by atoms with van der Waals surface area (Å²) in [4.78, 5) is 0. The molecule has 1 saturated heterocycles. The molecule has 0 bridgehead atoms. The van der Waals surface area contributed by atoms with Crippen molar-refractivity contribution in [3.63, 3.8) is 0 Å². The average molecular weight is 361 g/mol. The van der Waals surface area contributed by atoms with Crippen LogP contribution in [-0.4, -0.2) is 30.3 Å². The second-order valence-electron chi connectivity index (χ2n) is 7.94. The topological polar surface area (TPSA) is 12.5 Å². The summed E-state index contributed by atoms with van der Waals surface area (Å²) in [5.41, 5.74) is 3.02. The predicted octanol–water partition coefficient (Wildman–Crippen LogP) is 5.93. The Morgan fingerprint density at radius 1 is 0.917 bits per heavy atom. The van der Waals surface area contributed by atoms with Crippen molar-refractivity contribution in [1.82, 2.24) is 0 Å². The minimum absolute atomic E-state index is 0.0185. The van der Waals surface area contributed by atoms with Gasteiger partial charge in [-0.05, 0) is 11.6 Å². The van der Waals surface area contributed by atoms with Gasteiger partial charge >= 0.3 is 0 Å². The number of unbranched alkanes of at least 4 members (excludes halogenated alkanes) is 5. The van der Waals surface area contributed by atoms with Crippen LogP contribution in [0, 0.1) is 0 Å². The summed E-state index contributed by atoms with van der Waals surface area (Å²) in [7, 11) is -0.188. The predicted molar refractivity (Wildman–Crippen MR) is 110 cm³/mol. The lowest BCUT2D eigenvalue weighted by molar-refractivity contribution is 0.407. The van der Waals surface area contributed by atoms with Crippen LogP contribution in [0.1, 0.15) is 49.7 Å². The highest BCUT2D eigenvalue weighted by Crippen LogP contribution is 2.18. The largest absolute Gasteiger partial charge is 0.373 e. The maximum absolute atomic E-state index is 5.35. The third-order valence-corrected chi connectivity index (χ3v) is 8.47. The van der Waals surface area contributed by atoms with Crippen molar-refractivity contribution in [3.8, 4) is 0 Å². The molecule has 1 aromatic rings. The number of hydrogen-bond acceptors (Lipinski definition) is 1. The minimum Gasteiger partial charge on any atom is -0.373 e. The van der Waals surface area contributed by atoms with Gasteiger partial charge < -0.3 is 4.74 Å². The van der Waals surface area contributed by atoms with Gasteiger partial charge in [0.2, 0.25) is 0 Å². The van der Waals surface area contributed by atoms with Gasteiger partial charge in [-0.1, -0.05) is 100 Å². The van der Waals surface area contributed by atoms with E-state index in [-0.39, 0.29) is 17.6 Å². The van der Waals surface area contributed by atoms with Gasteiger partial charge in [0.05, 0.1) is 12.7 Å². The maximum Gasteiger partial charge on any atom is 0.0850 e. The molecule has 1 heterocycles. The molecule has 2 rings (SSSR count). The van der Waals surface area contributed by atoms with E-state index in [2.05, 4.69) is 43.9 Å². The van der Waals surface area contributed by atoms with Crippen LogP contribution in [0.3, 0.4) is 0 Å². The number of benzene rings is 1. The van der Waals surface area contributed by atoms with Crippen LogP contribution in [-0.2, 0) is 17.2 Å². The van der Waals surface area contributed by atoms with E-state index in [1.165, 1.54) is 62.2 Å². The van der Waals surface area contributed by atoms with E-state index >= 15 is 0 Å². The first kappa shape index (κ1) is 19.9. The van der Waals surface area contributed by atoms with E-state index < -0.39 is 0 Å². The summed E-state index contributed by atoms with van der Waals surface area (Å²) in [5.74, 6) is 0. The van der Waals surface area contributed by atoms with Gasteiger partial charge in [0.25, 0.3) is 0 Å². The van der Waals surface area contributed by atoms with Crippen LogP contribution in [0.5, 0.6) is 0 Å². The SMILES string of the molecule is C[Si](C)CCCCCCCC[Si](C)Cc1cccc(CC2CO2)c1. The molecule has 24 heavy (non-hydrogen) atoms.